The Balaban J connectivity index is 1.49. The Morgan fingerprint density at radius 3 is 2.30 bits per heavy atom. The summed E-state index contributed by atoms with van der Waals surface area (Å²) < 4.78 is 25.2. The Labute approximate surface area is 245 Å². The molecule has 5 aromatic rings. The lowest BCUT2D eigenvalue weighted by Crippen LogP contribution is -2.34. The lowest BCUT2D eigenvalue weighted by Gasteiger charge is -2.19. The van der Waals surface area contributed by atoms with E-state index in [1.54, 1.807) is 18.2 Å². The monoisotopic (exact) mass is 580 g/mol. The van der Waals surface area contributed by atoms with Crippen LogP contribution in [0.1, 0.15) is 39.1 Å². The zero-order chi connectivity index (χ0) is 30.3. The van der Waals surface area contributed by atoms with Crippen LogP contribution in [-0.2, 0) is 5.54 Å². The van der Waals surface area contributed by atoms with E-state index in [-0.39, 0.29) is 39.0 Å². The van der Waals surface area contributed by atoms with E-state index >= 15 is 0 Å². The largest absolute Gasteiger partial charge is 0.496 e. The van der Waals surface area contributed by atoms with Crippen molar-refractivity contribution >= 4 is 28.5 Å². The van der Waals surface area contributed by atoms with Crippen molar-refractivity contribution in [1.82, 2.24) is 10.6 Å². The van der Waals surface area contributed by atoms with Crippen LogP contribution < -0.4 is 15.4 Å². The van der Waals surface area contributed by atoms with Gasteiger partial charge in [-0.25, -0.2) is 9.60 Å². The summed E-state index contributed by atoms with van der Waals surface area (Å²) in [6.45, 7) is 0. The molecule has 3 N–H and O–H groups in total. The number of hydrogen-bond donors (Lipinski definition) is 3. The van der Waals surface area contributed by atoms with E-state index in [4.69, 9.17) is 9.15 Å². The fourth-order valence-corrected chi connectivity index (χ4v) is 5.38. The van der Waals surface area contributed by atoms with E-state index in [1.807, 2.05) is 30.3 Å². The third kappa shape index (κ3) is 4.97. The van der Waals surface area contributed by atoms with E-state index in [1.165, 1.54) is 50.6 Å². The normalized spacial score (nSPS) is 13.4. The van der Waals surface area contributed by atoms with Gasteiger partial charge in [0.15, 0.2) is 0 Å². The van der Waals surface area contributed by atoms with Gasteiger partial charge in [-0.1, -0.05) is 30.3 Å². The van der Waals surface area contributed by atoms with Gasteiger partial charge in [0.25, 0.3) is 16.7 Å². The standard InChI is InChI=1S/C33H26FN3O6/c1-35-32(39)29-25-17-23(26(37(40)41)18-28(25)43-30(29)19-8-11-22(34)12-9-19)24-16-20(10-13-27(24)42-2)31(38)36-33(14-15-33)21-6-4-3-5-7-21/h3-13,16-18H,14-15H2,1-2H3,(H2-,35,36,38,39,40,41)/p+1. The fourth-order valence-electron chi connectivity index (χ4n) is 5.38. The first kappa shape index (κ1) is 27.6. The van der Waals surface area contributed by atoms with Crippen molar-refractivity contribution in [2.45, 2.75) is 18.4 Å². The Morgan fingerprint density at radius 2 is 1.67 bits per heavy atom. The van der Waals surface area contributed by atoms with Crippen molar-refractivity contribution in [3.8, 4) is 28.2 Å². The fraction of sp³-hybridized carbons (Fsp3) is 0.152. The summed E-state index contributed by atoms with van der Waals surface area (Å²) in [5.74, 6) is -0.768. The maximum Gasteiger partial charge on any atom is 0.328 e. The molecule has 0 unspecified atom stereocenters. The van der Waals surface area contributed by atoms with E-state index in [9.17, 15) is 24.1 Å². The summed E-state index contributed by atoms with van der Waals surface area (Å²) in [7, 11) is 2.91. The number of benzene rings is 4. The minimum absolute atomic E-state index is 0.137. The van der Waals surface area contributed by atoms with Crippen molar-refractivity contribution in [3.05, 3.63) is 112 Å². The number of rotatable bonds is 8. The number of halogens is 1. The van der Waals surface area contributed by atoms with E-state index in [2.05, 4.69) is 10.6 Å². The van der Waals surface area contributed by atoms with Gasteiger partial charge in [0.05, 0.1) is 34.7 Å². The van der Waals surface area contributed by atoms with Gasteiger partial charge in [0, 0.05) is 29.1 Å². The highest BCUT2D eigenvalue weighted by Gasteiger charge is 2.45. The number of carbonyl (C=O) groups is 2. The van der Waals surface area contributed by atoms with Gasteiger partial charge in [0.2, 0.25) is 0 Å². The molecule has 43 heavy (non-hydrogen) atoms. The van der Waals surface area contributed by atoms with Crippen LogP contribution in [-0.4, -0.2) is 36.1 Å². The summed E-state index contributed by atoms with van der Waals surface area (Å²) in [5.41, 5.74) is 1.93. The minimum atomic E-state index is -0.476. The van der Waals surface area contributed by atoms with Gasteiger partial charge in [-0.2, -0.15) is 0 Å². The van der Waals surface area contributed by atoms with Crippen LogP contribution in [0.2, 0.25) is 0 Å². The van der Waals surface area contributed by atoms with Crippen LogP contribution >= 0.6 is 0 Å². The Hall–Kier alpha value is -5.51. The number of ether oxygens (including phenoxy) is 1. The molecule has 2 amide bonds. The average Bonchev–Trinajstić information content (AvgIpc) is 3.72. The molecule has 216 valence electrons. The zero-order valence-corrected chi connectivity index (χ0v) is 23.3. The van der Waals surface area contributed by atoms with Crippen molar-refractivity contribution in [2.24, 2.45) is 0 Å². The molecule has 1 heterocycles. The molecule has 1 fully saturated rings. The molecule has 6 rings (SSSR count). The minimum Gasteiger partial charge on any atom is -0.496 e. The van der Waals surface area contributed by atoms with Crippen molar-refractivity contribution < 1.29 is 33.3 Å². The summed E-state index contributed by atoms with van der Waals surface area (Å²) in [5, 5.41) is 16.2. The van der Waals surface area contributed by atoms with Gasteiger partial charge < -0.3 is 19.8 Å². The second-order valence-corrected chi connectivity index (χ2v) is 10.3. The first-order valence-electron chi connectivity index (χ1n) is 13.6. The number of nitrogens with one attached hydrogen (secondary N) is 2. The molecule has 1 aromatic heterocycles. The average molecular weight is 581 g/mol. The SMILES string of the molecule is CNC(=O)c1c(-c2ccc(F)cc2)oc2cc([N+](=O)O)c(-c3cc(C(=O)NC4(c5ccccc5)CC4)ccc3OC)cc12. The topological polar surface area (TPSA) is 121 Å². The number of hydrogen-bond acceptors (Lipinski definition) is 5. The molecule has 1 saturated carbocycles. The van der Waals surface area contributed by atoms with Crippen LogP contribution in [0.15, 0.2) is 89.3 Å². The van der Waals surface area contributed by atoms with Gasteiger partial charge in [-0.15, -0.1) is 0 Å². The smallest absolute Gasteiger partial charge is 0.328 e. The molecular formula is C33H27FN3O6+. The van der Waals surface area contributed by atoms with Gasteiger partial charge in [-0.05, 0) is 66.9 Å². The third-order valence-corrected chi connectivity index (χ3v) is 7.75. The predicted octanol–water partition coefficient (Wildman–Crippen LogP) is 6.49. The Kier molecular flexibility index (Phi) is 6.89. The van der Waals surface area contributed by atoms with Crippen LogP contribution in [0, 0.1) is 10.7 Å². The first-order valence-corrected chi connectivity index (χ1v) is 13.6. The third-order valence-electron chi connectivity index (χ3n) is 7.75. The molecule has 1 aliphatic carbocycles. The molecule has 0 radical (unpaired) electrons. The Bertz CT molecular complexity index is 1900. The van der Waals surface area contributed by atoms with Crippen LogP contribution in [0.4, 0.5) is 10.1 Å². The molecule has 0 bridgehead atoms. The maximum absolute atomic E-state index is 13.6. The van der Waals surface area contributed by atoms with E-state index in [0.717, 1.165) is 18.4 Å². The van der Waals surface area contributed by atoms with Crippen molar-refractivity contribution in [2.75, 3.05) is 14.2 Å². The lowest BCUT2D eigenvalue weighted by atomic mass is 9.96. The number of carbonyl (C=O) groups excluding carboxylic acids is 2. The van der Waals surface area contributed by atoms with Crippen LogP contribution in [0.5, 0.6) is 5.75 Å². The zero-order valence-electron chi connectivity index (χ0n) is 23.3. The van der Waals surface area contributed by atoms with E-state index in [0.29, 0.717) is 27.8 Å². The summed E-state index contributed by atoms with van der Waals surface area (Å²) >= 11 is 0. The van der Waals surface area contributed by atoms with Crippen LogP contribution in [0.25, 0.3) is 33.4 Å². The second-order valence-electron chi connectivity index (χ2n) is 10.3. The molecule has 0 saturated heterocycles. The number of fused-ring (bicyclic) bond motifs is 1. The number of nitrogens with zero attached hydrogens (tertiary/aromatic N) is 1. The number of furan rings is 1. The molecule has 9 nitrogen and oxygen atoms in total. The molecule has 0 spiro atoms. The predicted molar refractivity (Wildman–Crippen MR) is 157 cm³/mol. The molecular weight excluding hydrogens is 553 g/mol. The molecule has 4 aromatic carbocycles. The van der Waals surface area contributed by atoms with Gasteiger partial charge in [0.1, 0.15) is 22.9 Å². The number of methoxy groups -OCH3 is 1. The summed E-state index contributed by atoms with van der Waals surface area (Å²) in [4.78, 5) is 38.7. The maximum atomic E-state index is 13.6. The number of amides is 2. The Morgan fingerprint density at radius 1 is 0.953 bits per heavy atom. The highest BCUT2D eigenvalue weighted by atomic mass is 19.1. The van der Waals surface area contributed by atoms with E-state index < -0.39 is 17.3 Å². The van der Waals surface area contributed by atoms with Crippen molar-refractivity contribution in [1.29, 1.82) is 0 Å². The van der Waals surface area contributed by atoms with Crippen LogP contribution in [0.3, 0.4) is 0 Å². The molecule has 1 aliphatic rings. The highest BCUT2D eigenvalue weighted by molar-refractivity contribution is 6.12. The molecule has 10 heteroatoms. The molecule has 0 aliphatic heterocycles. The van der Waals surface area contributed by atoms with Crippen molar-refractivity contribution in [3.63, 3.8) is 0 Å². The quantitative estimate of drug-likeness (QED) is 0.180. The second kappa shape index (κ2) is 10.7. The first-order chi connectivity index (χ1) is 20.7. The summed E-state index contributed by atoms with van der Waals surface area (Å²) in [6, 6.07) is 22.8. The summed E-state index contributed by atoms with van der Waals surface area (Å²) in [6.07, 6.45) is 1.61. The lowest BCUT2D eigenvalue weighted by molar-refractivity contribution is -0.729. The molecule has 0 atom stereocenters. The van der Waals surface area contributed by atoms with Gasteiger partial charge in [-0.3, -0.25) is 9.59 Å². The van der Waals surface area contributed by atoms with Gasteiger partial charge >= 0.3 is 5.69 Å². The highest BCUT2D eigenvalue weighted by Crippen LogP contribution is 2.46.